The van der Waals surface area contributed by atoms with E-state index in [0.717, 1.165) is 6.07 Å². The van der Waals surface area contributed by atoms with Crippen LogP contribution < -0.4 is 4.74 Å². The highest BCUT2D eigenvalue weighted by atomic mass is 16.6. The predicted octanol–water partition coefficient (Wildman–Crippen LogP) is 2.96. The van der Waals surface area contributed by atoms with Gasteiger partial charge in [-0.3, -0.25) is 10.1 Å². The lowest BCUT2D eigenvalue weighted by Gasteiger charge is -2.07. The predicted molar refractivity (Wildman–Crippen MR) is 66.0 cm³/mol. The molecule has 6 nitrogen and oxygen atoms in total. The molecule has 0 saturated heterocycles. The van der Waals surface area contributed by atoms with Crippen LogP contribution in [0.5, 0.6) is 17.2 Å². The van der Waals surface area contributed by atoms with E-state index >= 15 is 0 Å². The summed E-state index contributed by atoms with van der Waals surface area (Å²) >= 11 is 0. The number of nitrogens with zero attached hydrogens (tertiary/aromatic N) is 2. The van der Waals surface area contributed by atoms with Crippen LogP contribution in [0.15, 0.2) is 42.5 Å². The van der Waals surface area contributed by atoms with E-state index in [9.17, 15) is 15.2 Å². The van der Waals surface area contributed by atoms with Crippen molar-refractivity contribution in [2.75, 3.05) is 0 Å². The molecule has 0 aliphatic carbocycles. The highest BCUT2D eigenvalue weighted by Crippen LogP contribution is 2.29. The molecule has 0 fully saturated rings. The van der Waals surface area contributed by atoms with Gasteiger partial charge in [-0.15, -0.1) is 0 Å². The monoisotopic (exact) mass is 256 g/mol. The Hall–Kier alpha value is -3.07. The number of nitro benzene ring substituents is 1. The van der Waals surface area contributed by atoms with Gasteiger partial charge in [0, 0.05) is 18.2 Å². The molecule has 0 aliphatic heterocycles. The van der Waals surface area contributed by atoms with Crippen LogP contribution in [0.4, 0.5) is 5.69 Å². The van der Waals surface area contributed by atoms with E-state index < -0.39 is 4.92 Å². The third-order valence-corrected chi connectivity index (χ3v) is 2.34. The first-order valence-electron chi connectivity index (χ1n) is 5.25. The van der Waals surface area contributed by atoms with Gasteiger partial charge in [0.1, 0.15) is 28.9 Å². The molecule has 19 heavy (non-hydrogen) atoms. The molecule has 6 heteroatoms. The van der Waals surface area contributed by atoms with E-state index in [1.165, 1.54) is 24.3 Å². The summed E-state index contributed by atoms with van der Waals surface area (Å²) in [4.78, 5) is 10.0. The average Bonchev–Trinajstić information content (AvgIpc) is 2.39. The first-order valence-corrected chi connectivity index (χ1v) is 5.25. The first kappa shape index (κ1) is 12.4. The van der Waals surface area contributed by atoms with E-state index in [4.69, 9.17) is 10.00 Å². The third-order valence-electron chi connectivity index (χ3n) is 2.34. The zero-order chi connectivity index (χ0) is 13.8. The lowest BCUT2D eigenvalue weighted by atomic mass is 10.2. The van der Waals surface area contributed by atoms with Crippen LogP contribution in [0.1, 0.15) is 5.56 Å². The number of phenols is 1. The van der Waals surface area contributed by atoms with Crippen LogP contribution in [0.3, 0.4) is 0 Å². The Kier molecular flexibility index (Phi) is 3.30. The summed E-state index contributed by atoms with van der Waals surface area (Å²) in [6, 6.07) is 11.6. The molecule has 0 unspecified atom stereocenters. The average molecular weight is 256 g/mol. The van der Waals surface area contributed by atoms with Gasteiger partial charge in [-0.25, -0.2) is 0 Å². The second-order valence-electron chi connectivity index (χ2n) is 3.65. The van der Waals surface area contributed by atoms with Crippen molar-refractivity contribution >= 4 is 5.69 Å². The van der Waals surface area contributed by atoms with Gasteiger partial charge in [-0.05, 0) is 18.2 Å². The number of aromatic hydroxyl groups is 1. The Morgan fingerprint density at radius 1 is 1.26 bits per heavy atom. The van der Waals surface area contributed by atoms with Crippen LogP contribution >= 0.6 is 0 Å². The molecular weight excluding hydrogens is 248 g/mol. The standard InChI is InChI=1S/C13H8N2O4/c14-8-9-6-10(15(17)18)4-5-13(9)19-12-3-1-2-11(16)7-12/h1-7,16H. The van der Waals surface area contributed by atoms with Gasteiger partial charge >= 0.3 is 0 Å². The number of rotatable bonds is 3. The summed E-state index contributed by atoms with van der Waals surface area (Å²) in [5, 5.41) is 28.9. The molecule has 1 N–H and O–H groups in total. The van der Waals surface area contributed by atoms with Crippen LogP contribution in [-0.2, 0) is 0 Å². The molecule has 94 valence electrons. The fourth-order valence-corrected chi connectivity index (χ4v) is 1.48. The van der Waals surface area contributed by atoms with Gasteiger partial charge in [0.05, 0.1) is 4.92 Å². The smallest absolute Gasteiger partial charge is 0.271 e. The largest absolute Gasteiger partial charge is 0.508 e. The molecule has 2 aromatic rings. The minimum atomic E-state index is -0.584. The summed E-state index contributed by atoms with van der Waals surface area (Å²) in [5.41, 5.74) is -0.127. The van der Waals surface area contributed by atoms with Crippen LogP contribution in [0.2, 0.25) is 0 Å². The molecular formula is C13H8N2O4. The summed E-state index contributed by atoms with van der Waals surface area (Å²) in [6.07, 6.45) is 0. The van der Waals surface area contributed by atoms with Gasteiger partial charge in [-0.2, -0.15) is 5.26 Å². The molecule has 0 bridgehead atoms. The number of ether oxygens (including phenoxy) is 1. The van der Waals surface area contributed by atoms with Gasteiger partial charge in [-0.1, -0.05) is 6.07 Å². The van der Waals surface area contributed by atoms with Crippen molar-refractivity contribution < 1.29 is 14.8 Å². The molecule has 0 aliphatic rings. The lowest BCUT2D eigenvalue weighted by molar-refractivity contribution is -0.384. The number of benzene rings is 2. The van der Waals surface area contributed by atoms with Crippen molar-refractivity contribution in [2.45, 2.75) is 0 Å². The van der Waals surface area contributed by atoms with E-state index in [1.54, 1.807) is 12.1 Å². The summed E-state index contributed by atoms with van der Waals surface area (Å²) < 4.78 is 5.41. The molecule has 2 rings (SSSR count). The topological polar surface area (TPSA) is 96.4 Å². The maximum absolute atomic E-state index is 10.6. The molecule has 0 saturated carbocycles. The Labute approximate surface area is 108 Å². The van der Waals surface area contributed by atoms with Gasteiger partial charge in [0.25, 0.3) is 5.69 Å². The normalized spacial score (nSPS) is 9.63. The van der Waals surface area contributed by atoms with Crippen LogP contribution in [0.25, 0.3) is 0 Å². The highest BCUT2D eigenvalue weighted by Gasteiger charge is 2.12. The van der Waals surface area contributed by atoms with E-state index in [1.807, 2.05) is 6.07 Å². The van der Waals surface area contributed by atoms with Crippen molar-refractivity contribution in [3.63, 3.8) is 0 Å². The molecule has 0 spiro atoms. The number of non-ortho nitro benzene ring substituents is 1. The second kappa shape index (κ2) is 5.06. The molecule has 0 atom stereocenters. The number of phenolic OH excluding ortho intramolecular Hbond substituents is 1. The van der Waals surface area contributed by atoms with Gasteiger partial charge in [0.2, 0.25) is 0 Å². The van der Waals surface area contributed by atoms with Crippen molar-refractivity contribution in [2.24, 2.45) is 0 Å². The fourth-order valence-electron chi connectivity index (χ4n) is 1.48. The number of nitriles is 1. The van der Waals surface area contributed by atoms with Gasteiger partial charge < -0.3 is 9.84 Å². The number of nitro groups is 1. The summed E-state index contributed by atoms with van der Waals surface area (Å²) in [5.74, 6) is 0.557. The highest BCUT2D eigenvalue weighted by molar-refractivity contribution is 5.51. The number of hydrogen-bond donors (Lipinski definition) is 1. The van der Waals surface area contributed by atoms with Crippen LogP contribution in [0, 0.1) is 21.4 Å². The molecule has 0 radical (unpaired) electrons. The van der Waals surface area contributed by atoms with Crippen molar-refractivity contribution in [1.82, 2.24) is 0 Å². The molecule has 0 heterocycles. The quantitative estimate of drug-likeness (QED) is 0.672. The summed E-state index contributed by atoms with van der Waals surface area (Å²) in [6.45, 7) is 0. The Morgan fingerprint density at radius 2 is 2.05 bits per heavy atom. The number of hydrogen-bond acceptors (Lipinski definition) is 5. The molecule has 0 amide bonds. The zero-order valence-corrected chi connectivity index (χ0v) is 9.61. The maximum Gasteiger partial charge on any atom is 0.271 e. The SMILES string of the molecule is N#Cc1cc([N+](=O)[O-])ccc1Oc1cccc(O)c1. The molecule has 0 aromatic heterocycles. The Morgan fingerprint density at radius 3 is 2.68 bits per heavy atom. The van der Waals surface area contributed by atoms with E-state index in [-0.39, 0.29) is 22.7 Å². The zero-order valence-electron chi connectivity index (χ0n) is 9.61. The first-order chi connectivity index (χ1) is 9.10. The fraction of sp³-hybridized carbons (Fsp3) is 0. The third kappa shape index (κ3) is 2.79. The van der Waals surface area contributed by atoms with Gasteiger partial charge in [0.15, 0.2) is 0 Å². The van der Waals surface area contributed by atoms with Crippen molar-refractivity contribution in [3.8, 4) is 23.3 Å². The Balaban J connectivity index is 2.36. The summed E-state index contributed by atoms with van der Waals surface area (Å²) in [7, 11) is 0. The minimum absolute atomic E-state index is 0.0259. The minimum Gasteiger partial charge on any atom is -0.508 e. The van der Waals surface area contributed by atoms with E-state index in [2.05, 4.69) is 0 Å². The Bertz CT molecular complexity index is 677. The van der Waals surface area contributed by atoms with Crippen LogP contribution in [-0.4, -0.2) is 10.0 Å². The van der Waals surface area contributed by atoms with Crippen molar-refractivity contribution in [3.05, 3.63) is 58.1 Å². The van der Waals surface area contributed by atoms with E-state index in [0.29, 0.717) is 5.75 Å². The molecule has 2 aromatic carbocycles. The van der Waals surface area contributed by atoms with Crippen molar-refractivity contribution in [1.29, 1.82) is 5.26 Å². The second-order valence-corrected chi connectivity index (χ2v) is 3.65. The lowest BCUT2D eigenvalue weighted by Crippen LogP contribution is -1.92. The maximum atomic E-state index is 10.6.